The molecule has 0 aliphatic heterocycles. The lowest BCUT2D eigenvalue weighted by Gasteiger charge is -2.23. The van der Waals surface area contributed by atoms with Crippen molar-refractivity contribution in [3.63, 3.8) is 0 Å². The van der Waals surface area contributed by atoms with Crippen LogP contribution in [-0.2, 0) is 0 Å². The van der Waals surface area contributed by atoms with Crippen LogP contribution in [-0.4, -0.2) is 0 Å². The van der Waals surface area contributed by atoms with Gasteiger partial charge in [0.25, 0.3) is 0 Å². The molecule has 0 amide bonds. The zero-order valence-corrected chi connectivity index (χ0v) is 16.7. The summed E-state index contributed by atoms with van der Waals surface area (Å²) in [4.78, 5) is 0. The third-order valence-corrected chi connectivity index (χ3v) is 5.09. The Balaban J connectivity index is 4.89. The summed E-state index contributed by atoms with van der Waals surface area (Å²) in [6, 6.07) is 0. The van der Waals surface area contributed by atoms with Crippen LogP contribution in [0.4, 0.5) is 0 Å². The molecule has 0 aliphatic carbocycles. The molecule has 0 radical (unpaired) electrons. The van der Waals surface area contributed by atoms with Gasteiger partial charge in [-0.15, -0.1) is 0 Å². The lowest BCUT2D eigenvalue weighted by atomic mass is 9.83. The molecule has 3 unspecified atom stereocenters. The molecule has 0 bridgehead atoms. The second-order valence-corrected chi connectivity index (χ2v) is 8.02. The van der Waals surface area contributed by atoms with Crippen molar-refractivity contribution in [2.75, 3.05) is 0 Å². The maximum Gasteiger partial charge on any atom is -0.00517 e. The monoisotopic (exact) mass is 306 g/mol. The molecule has 130 valence electrons. The highest BCUT2D eigenvalue weighted by Crippen LogP contribution is 2.28. The van der Waals surface area contributed by atoms with Crippen molar-refractivity contribution in [1.29, 1.82) is 0 Å². The van der Waals surface area contributed by atoms with Crippen LogP contribution in [0.15, 0.2) is 23.8 Å². The Hall–Kier alpha value is -0.520. The highest BCUT2D eigenvalue weighted by Gasteiger charge is 2.15. The van der Waals surface area contributed by atoms with E-state index in [1.807, 2.05) is 0 Å². The average molecular weight is 307 g/mol. The fourth-order valence-corrected chi connectivity index (χ4v) is 2.99. The normalized spacial score (nSPS) is 17.5. The van der Waals surface area contributed by atoms with Crippen molar-refractivity contribution in [1.82, 2.24) is 0 Å². The molecule has 0 aromatic rings. The molecule has 0 saturated heterocycles. The third kappa shape index (κ3) is 9.49. The summed E-state index contributed by atoms with van der Waals surface area (Å²) in [6.45, 7) is 18.7. The van der Waals surface area contributed by atoms with Crippen LogP contribution < -0.4 is 0 Å². The zero-order valence-electron chi connectivity index (χ0n) is 16.7. The topological polar surface area (TPSA) is 0 Å². The summed E-state index contributed by atoms with van der Waals surface area (Å²) < 4.78 is 0. The van der Waals surface area contributed by atoms with E-state index in [0.717, 1.165) is 23.7 Å². The lowest BCUT2D eigenvalue weighted by Crippen LogP contribution is -2.10. The highest BCUT2D eigenvalue weighted by molar-refractivity contribution is 5.13. The smallest absolute Gasteiger partial charge is 0.00517 e. The third-order valence-electron chi connectivity index (χ3n) is 5.09. The maximum atomic E-state index is 2.59. The van der Waals surface area contributed by atoms with E-state index in [9.17, 15) is 0 Å². The van der Waals surface area contributed by atoms with Gasteiger partial charge < -0.3 is 0 Å². The molecule has 0 aromatic heterocycles. The number of hydrogen-bond donors (Lipinski definition) is 0. The van der Waals surface area contributed by atoms with E-state index in [1.165, 1.54) is 32.1 Å². The Labute approximate surface area is 141 Å². The van der Waals surface area contributed by atoms with E-state index in [4.69, 9.17) is 0 Å². The van der Waals surface area contributed by atoms with Gasteiger partial charge in [-0.3, -0.25) is 0 Å². The predicted octanol–water partition coefficient (Wildman–Crippen LogP) is 7.66. The van der Waals surface area contributed by atoms with Gasteiger partial charge in [0.15, 0.2) is 0 Å². The Kier molecular flexibility index (Phi) is 11.7. The van der Waals surface area contributed by atoms with Crippen LogP contribution in [0.25, 0.3) is 0 Å². The molecule has 3 atom stereocenters. The standard InChI is InChI=1S/C22H42/c1-9-11-20(8)22(16-19(7)10-2)15-14-21(18(5)6)13-12-17(3)4/h9,11,15,17-21H,10,12-14,16H2,1-8H3. The molecular formula is C22H42. The van der Waals surface area contributed by atoms with Crippen molar-refractivity contribution < 1.29 is 0 Å². The average Bonchev–Trinajstić information content (AvgIpc) is 2.44. The summed E-state index contributed by atoms with van der Waals surface area (Å²) >= 11 is 0. The number of rotatable bonds is 11. The van der Waals surface area contributed by atoms with E-state index in [0.29, 0.717) is 5.92 Å². The summed E-state index contributed by atoms with van der Waals surface area (Å²) in [6.07, 6.45) is 13.7. The molecule has 0 heterocycles. The molecule has 22 heavy (non-hydrogen) atoms. The van der Waals surface area contributed by atoms with E-state index in [-0.39, 0.29) is 0 Å². The second kappa shape index (κ2) is 12.0. The van der Waals surface area contributed by atoms with Crippen molar-refractivity contribution in [2.45, 2.75) is 87.5 Å². The Bertz CT molecular complexity index is 319. The molecule has 0 spiro atoms. The summed E-state index contributed by atoms with van der Waals surface area (Å²) in [5.74, 6) is 3.85. The fourth-order valence-electron chi connectivity index (χ4n) is 2.99. The minimum atomic E-state index is 0.594. The van der Waals surface area contributed by atoms with Crippen molar-refractivity contribution in [2.24, 2.45) is 29.6 Å². The molecule has 0 fully saturated rings. The van der Waals surface area contributed by atoms with Gasteiger partial charge in [-0.25, -0.2) is 0 Å². The molecule has 0 rings (SSSR count). The number of allylic oxidation sites excluding steroid dienone is 4. The quantitative estimate of drug-likeness (QED) is 0.344. The molecule has 0 aliphatic rings. The summed E-state index contributed by atoms with van der Waals surface area (Å²) in [5.41, 5.74) is 1.66. The van der Waals surface area contributed by atoms with Crippen molar-refractivity contribution >= 4 is 0 Å². The van der Waals surface area contributed by atoms with Gasteiger partial charge in [-0.2, -0.15) is 0 Å². The van der Waals surface area contributed by atoms with Crippen LogP contribution in [0.5, 0.6) is 0 Å². The van der Waals surface area contributed by atoms with Gasteiger partial charge in [0.05, 0.1) is 0 Å². The molecule has 0 nitrogen and oxygen atoms in total. The van der Waals surface area contributed by atoms with Gasteiger partial charge in [-0.1, -0.05) is 85.1 Å². The number of hydrogen-bond acceptors (Lipinski definition) is 0. The Morgan fingerprint density at radius 1 is 0.955 bits per heavy atom. The minimum Gasteiger partial charge on any atom is -0.0911 e. The second-order valence-electron chi connectivity index (χ2n) is 8.02. The van der Waals surface area contributed by atoms with Crippen LogP contribution in [0.3, 0.4) is 0 Å². The summed E-state index contributed by atoms with van der Waals surface area (Å²) in [7, 11) is 0. The van der Waals surface area contributed by atoms with Gasteiger partial charge in [0.2, 0.25) is 0 Å². The fraction of sp³-hybridized carbons (Fsp3) is 0.818. The van der Waals surface area contributed by atoms with Crippen LogP contribution >= 0.6 is 0 Å². The molecule has 0 aromatic carbocycles. The van der Waals surface area contributed by atoms with Crippen LogP contribution in [0.1, 0.15) is 87.5 Å². The van der Waals surface area contributed by atoms with Crippen molar-refractivity contribution in [3.8, 4) is 0 Å². The van der Waals surface area contributed by atoms with Crippen LogP contribution in [0, 0.1) is 29.6 Å². The first-order valence-electron chi connectivity index (χ1n) is 9.63. The maximum absolute atomic E-state index is 2.59. The van der Waals surface area contributed by atoms with Gasteiger partial charge >= 0.3 is 0 Å². The van der Waals surface area contributed by atoms with Gasteiger partial charge in [-0.05, 0) is 55.8 Å². The van der Waals surface area contributed by atoms with Crippen molar-refractivity contribution in [3.05, 3.63) is 23.8 Å². The van der Waals surface area contributed by atoms with Crippen LogP contribution in [0.2, 0.25) is 0 Å². The lowest BCUT2D eigenvalue weighted by molar-refractivity contribution is 0.333. The van der Waals surface area contributed by atoms with E-state index in [1.54, 1.807) is 5.57 Å². The van der Waals surface area contributed by atoms with Gasteiger partial charge in [0, 0.05) is 0 Å². The zero-order chi connectivity index (χ0) is 17.1. The first-order chi connectivity index (χ1) is 10.3. The minimum absolute atomic E-state index is 0.594. The van der Waals surface area contributed by atoms with Gasteiger partial charge in [0.1, 0.15) is 0 Å². The SMILES string of the molecule is CC=CC(C)C(=CCC(CCC(C)C)C(C)C)CC(C)CC. The van der Waals surface area contributed by atoms with E-state index < -0.39 is 0 Å². The molecular weight excluding hydrogens is 264 g/mol. The highest BCUT2D eigenvalue weighted by atomic mass is 14.2. The summed E-state index contributed by atoms with van der Waals surface area (Å²) in [5, 5.41) is 0. The van der Waals surface area contributed by atoms with E-state index >= 15 is 0 Å². The first kappa shape index (κ1) is 21.5. The largest absolute Gasteiger partial charge is 0.0911 e. The molecule has 0 N–H and O–H groups in total. The van der Waals surface area contributed by atoms with E-state index in [2.05, 4.69) is 73.6 Å². The first-order valence-corrected chi connectivity index (χ1v) is 9.63. The Morgan fingerprint density at radius 2 is 1.59 bits per heavy atom. The Morgan fingerprint density at radius 3 is 2.05 bits per heavy atom. The predicted molar refractivity (Wildman–Crippen MR) is 103 cm³/mol. The molecule has 0 saturated carbocycles. The molecule has 0 heteroatoms.